The number of ether oxygens (including phenoxy) is 1. The van der Waals surface area contributed by atoms with Crippen molar-refractivity contribution in [2.45, 2.75) is 12.6 Å². The molecule has 2 nitrogen and oxygen atoms in total. The van der Waals surface area contributed by atoms with Crippen LogP contribution in [0.4, 0.5) is 0 Å². The van der Waals surface area contributed by atoms with Gasteiger partial charge in [0.15, 0.2) is 0 Å². The highest BCUT2D eigenvalue weighted by atomic mass is 16.5. The minimum Gasteiger partial charge on any atom is -0.371 e. The van der Waals surface area contributed by atoms with E-state index in [9.17, 15) is 0 Å². The van der Waals surface area contributed by atoms with Gasteiger partial charge in [-0.05, 0) is 11.1 Å². The molecular formula is C17H19NO. The average molecular weight is 253 g/mol. The van der Waals surface area contributed by atoms with E-state index in [1.54, 1.807) is 0 Å². The maximum atomic E-state index is 5.89. The van der Waals surface area contributed by atoms with E-state index in [0.29, 0.717) is 0 Å². The van der Waals surface area contributed by atoms with Crippen LogP contribution in [0.3, 0.4) is 0 Å². The zero-order chi connectivity index (χ0) is 12.9. The van der Waals surface area contributed by atoms with Crippen LogP contribution in [-0.2, 0) is 11.3 Å². The summed E-state index contributed by atoms with van der Waals surface area (Å²) in [5.74, 6) is 0. The van der Waals surface area contributed by atoms with E-state index in [1.165, 1.54) is 11.1 Å². The van der Waals surface area contributed by atoms with Gasteiger partial charge in [0.05, 0.1) is 12.7 Å². The second-order valence-corrected chi connectivity index (χ2v) is 4.99. The predicted molar refractivity (Wildman–Crippen MR) is 76.9 cm³/mol. The quantitative estimate of drug-likeness (QED) is 0.832. The molecule has 0 amide bonds. The zero-order valence-electron chi connectivity index (χ0n) is 11.0. The van der Waals surface area contributed by atoms with Crippen molar-refractivity contribution >= 4 is 0 Å². The lowest BCUT2D eigenvalue weighted by Gasteiger charge is -2.33. The SMILES string of the molecule is c1ccc(CN2CCOC(c3ccccc3)C2)cc1. The van der Waals surface area contributed by atoms with E-state index in [-0.39, 0.29) is 6.10 Å². The maximum absolute atomic E-state index is 5.89. The van der Waals surface area contributed by atoms with Crippen LogP contribution in [0.2, 0.25) is 0 Å². The number of nitrogens with zero attached hydrogens (tertiary/aromatic N) is 1. The summed E-state index contributed by atoms with van der Waals surface area (Å²) in [6.07, 6.45) is 0.207. The minimum atomic E-state index is 0.207. The fourth-order valence-corrected chi connectivity index (χ4v) is 2.56. The molecule has 1 aliphatic heterocycles. The van der Waals surface area contributed by atoms with Gasteiger partial charge in [0.2, 0.25) is 0 Å². The standard InChI is InChI=1S/C17H19NO/c1-3-7-15(8-4-1)13-18-11-12-19-17(14-18)16-9-5-2-6-10-16/h1-10,17H,11-14H2. The van der Waals surface area contributed by atoms with Gasteiger partial charge in [0.25, 0.3) is 0 Å². The van der Waals surface area contributed by atoms with Crippen LogP contribution in [0.25, 0.3) is 0 Å². The highest BCUT2D eigenvalue weighted by Crippen LogP contribution is 2.22. The summed E-state index contributed by atoms with van der Waals surface area (Å²) in [5, 5.41) is 0. The first kappa shape index (κ1) is 12.4. The van der Waals surface area contributed by atoms with E-state index < -0.39 is 0 Å². The Morgan fingerprint density at radius 2 is 1.63 bits per heavy atom. The molecule has 1 heterocycles. The third-order valence-electron chi connectivity index (χ3n) is 3.57. The molecule has 1 saturated heterocycles. The van der Waals surface area contributed by atoms with Gasteiger partial charge in [-0.25, -0.2) is 0 Å². The molecule has 2 aromatic rings. The summed E-state index contributed by atoms with van der Waals surface area (Å²) in [5.41, 5.74) is 2.65. The number of morpholine rings is 1. The molecule has 2 heteroatoms. The highest BCUT2D eigenvalue weighted by Gasteiger charge is 2.21. The first-order valence-corrected chi connectivity index (χ1v) is 6.84. The molecule has 0 radical (unpaired) electrons. The Bertz CT molecular complexity index is 497. The van der Waals surface area contributed by atoms with E-state index >= 15 is 0 Å². The number of hydrogen-bond acceptors (Lipinski definition) is 2. The molecule has 0 aliphatic carbocycles. The topological polar surface area (TPSA) is 12.5 Å². The monoisotopic (exact) mass is 253 g/mol. The number of hydrogen-bond donors (Lipinski definition) is 0. The number of rotatable bonds is 3. The maximum Gasteiger partial charge on any atom is 0.0952 e. The number of benzene rings is 2. The van der Waals surface area contributed by atoms with Crippen molar-refractivity contribution in [1.82, 2.24) is 4.90 Å². The first-order chi connectivity index (χ1) is 9.42. The average Bonchev–Trinajstić information content (AvgIpc) is 2.49. The molecular weight excluding hydrogens is 234 g/mol. The van der Waals surface area contributed by atoms with Crippen LogP contribution < -0.4 is 0 Å². The Kier molecular flexibility index (Phi) is 3.92. The summed E-state index contributed by atoms with van der Waals surface area (Å²) in [6.45, 7) is 3.80. The third-order valence-corrected chi connectivity index (χ3v) is 3.57. The van der Waals surface area contributed by atoms with Crippen molar-refractivity contribution in [3.05, 3.63) is 71.8 Å². The Balaban J connectivity index is 1.65. The van der Waals surface area contributed by atoms with Gasteiger partial charge in [-0.15, -0.1) is 0 Å². The molecule has 1 aliphatic rings. The van der Waals surface area contributed by atoms with Gasteiger partial charge in [-0.1, -0.05) is 60.7 Å². The van der Waals surface area contributed by atoms with E-state index in [0.717, 1.165) is 26.2 Å². The molecule has 1 fully saturated rings. The Labute approximate surface area is 114 Å². The lowest BCUT2D eigenvalue weighted by molar-refractivity contribution is -0.0329. The van der Waals surface area contributed by atoms with Gasteiger partial charge < -0.3 is 4.74 Å². The molecule has 0 N–H and O–H groups in total. The second kappa shape index (κ2) is 6.00. The van der Waals surface area contributed by atoms with E-state index in [2.05, 4.69) is 59.5 Å². The van der Waals surface area contributed by atoms with Crippen molar-refractivity contribution in [2.75, 3.05) is 19.7 Å². The summed E-state index contributed by atoms with van der Waals surface area (Å²) in [4.78, 5) is 2.47. The van der Waals surface area contributed by atoms with Crippen LogP contribution in [0.15, 0.2) is 60.7 Å². The summed E-state index contributed by atoms with van der Waals surface area (Å²) in [7, 11) is 0. The minimum absolute atomic E-state index is 0.207. The van der Waals surface area contributed by atoms with Crippen molar-refractivity contribution in [3.8, 4) is 0 Å². The Morgan fingerprint density at radius 3 is 2.37 bits per heavy atom. The molecule has 98 valence electrons. The lowest BCUT2D eigenvalue weighted by atomic mass is 10.1. The zero-order valence-corrected chi connectivity index (χ0v) is 11.0. The van der Waals surface area contributed by atoms with Crippen molar-refractivity contribution < 1.29 is 4.74 Å². The summed E-state index contributed by atoms with van der Waals surface area (Å²) < 4.78 is 5.89. The first-order valence-electron chi connectivity index (χ1n) is 6.84. The van der Waals surface area contributed by atoms with E-state index in [1.807, 2.05) is 6.07 Å². The van der Waals surface area contributed by atoms with Crippen LogP contribution in [0.5, 0.6) is 0 Å². The lowest BCUT2D eigenvalue weighted by Crippen LogP contribution is -2.37. The summed E-state index contributed by atoms with van der Waals surface area (Å²) >= 11 is 0. The molecule has 0 saturated carbocycles. The van der Waals surface area contributed by atoms with Crippen molar-refractivity contribution in [1.29, 1.82) is 0 Å². The van der Waals surface area contributed by atoms with Crippen LogP contribution in [-0.4, -0.2) is 24.6 Å². The van der Waals surface area contributed by atoms with Crippen molar-refractivity contribution in [3.63, 3.8) is 0 Å². The molecule has 19 heavy (non-hydrogen) atoms. The van der Waals surface area contributed by atoms with Crippen LogP contribution in [0.1, 0.15) is 17.2 Å². The van der Waals surface area contributed by atoms with Crippen LogP contribution >= 0.6 is 0 Å². The molecule has 0 bridgehead atoms. The van der Waals surface area contributed by atoms with Gasteiger partial charge in [0.1, 0.15) is 0 Å². The Hall–Kier alpha value is -1.64. The fraction of sp³-hybridized carbons (Fsp3) is 0.294. The van der Waals surface area contributed by atoms with Gasteiger partial charge in [-0.3, -0.25) is 4.90 Å². The molecule has 1 atom stereocenters. The predicted octanol–water partition coefficient (Wildman–Crippen LogP) is 3.26. The molecule has 0 spiro atoms. The fourth-order valence-electron chi connectivity index (χ4n) is 2.56. The normalized spacial score (nSPS) is 20.3. The van der Waals surface area contributed by atoms with Crippen LogP contribution in [0, 0.1) is 0 Å². The largest absolute Gasteiger partial charge is 0.371 e. The van der Waals surface area contributed by atoms with Gasteiger partial charge >= 0.3 is 0 Å². The highest BCUT2D eigenvalue weighted by molar-refractivity contribution is 5.19. The van der Waals surface area contributed by atoms with Gasteiger partial charge in [0, 0.05) is 19.6 Å². The molecule has 0 aromatic heterocycles. The Morgan fingerprint density at radius 1 is 0.947 bits per heavy atom. The third kappa shape index (κ3) is 3.22. The smallest absolute Gasteiger partial charge is 0.0952 e. The van der Waals surface area contributed by atoms with Crippen molar-refractivity contribution in [2.24, 2.45) is 0 Å². The van der Waals surface area contributed by atoms with Gasteiger partial charge in [-0.2, -0.15) is 0 Å². The second-order valence-electron chi connectivity index (χ2n) is 4.99. The molecule has 1 unspecified atom stereocenters. The molecule has 2 aromatic carbocycles. The summed E-state index contributed by atoms with van der Waals surface area (Å²) in [6, 6.07) is 21.1. The molecule has 3 rings (SSSR count). The van der Waals surface area contributed by atoms with E-state index in [4.69, 9.17) is 4.74 Å².